The summed E-state index contributed by atoms with van der Waals surface area (Å²) in [5.41, 5.74) is 0.986. The molecule has 6 heteroatoms. The summed E-state index contributed by atoms with van der Waals surface area (Å²) in [4.78, 5) is 0. The molecule has 2 aromatic rings. The van der Waals surface area contributed by atoms with Gasteiger partial charge >= 0.3 is 0 Å². The van der Waals surface area contributed by atoms with Gasteiger partial charge < -0.3 is 4.74 Å². The summed E-state index contributed by atoms with van der Waals surface area (Å²) >= 11 is 0. The molecule has 0 saturated heterocycles. The quantitative estimate of drug-likeness (QED) is 0.836. The van der Waals surface area contributed by atoms with Crippen LogP contribution in [0, 0.1) is 11.7 Å². The van der Waals surface area contributed by atoms with E-state index in [0.29, 0.717) is 29.5 Å². The highest BCUT2D eigenvalue weighted by Crippen LogP contribution is 2.18. The highest BCUT2D eigenvalue weighted by molar-refractivity contribution is 7.91. The van der Waals surface area contributed by atoms with E-state index in [9.17, 15) is 12.8 Å². The molecular weight excluding hydrogens is 317 g/mol. The van der Waals surface area contributed by atoms with Gasteiger partial charge in [-0.05, 0) is 47.9 Å². The number of hydrogen-bond donors (Lipinski definition) is 1. The van der Waals surface area contributed by atoms with E-state index in [2.05, 4.69) is 18.6 Å². The summed E-state index contributed by atoms with van der Waals surface area (Å²) in [6.07, 6.45) is 0. The van der Waals surface area contributed by atoms with Crippen LogP contribution in [0.5, 0.6) is 5.75 Å². The van der Waals surface area contributed by atoms with Crippen LogP contribution in [0.3, 0.4) is 0 Å². The van der Waals surface area contributed by atoms with Crippen molar-refractivity contribution in [3.05, 3.63) is 59.9 Å². The topological polar surface area (TPSA) is 55.4 Å². The van der Waals surface area contributed by atoms with Crippen molar-refractivity contribution in [2.45, 2.75) is 19.6 Å². The van der Waals surface area contributed by atoms with Crippen molar-refractivity contribution in [3.63, 3.8) is 0 Å². The first-order chi connectivity index (χ1) is 10.8. The molecule has 23 heavy (non-hydrogen) atoms. The fourth-order valence-corrected chi connectivity index (χ4v) is 3.10. The van der Waals surface area contributed by atoms with Gasteiger partial charge in [0.05, 0.1) is 12.4 Å². The number of hydrogen-bond acceptors (Lipinski definition) is 3. The van der Waals surface area contributed by atoms with Gasteiger partial charge in [0.1, 0.15) is 11.6 Å². The maximum absolute atomic E-state index is 12.8. The van der Waals surface area contributed by atoms with Crippen molar-refractivity contribution in [2.75, 3.05) is 11.3 Å². The number of rotatable bonds is 7. The van der Waals surface area contributed by atoms with Crippen LogP contribution in [0.1, 0.15) is 19.4 Å². The summed E-state index contributed by atoms with van der Waals surface area (Å²) in [5.74, 6) is 0.513. The van der Waals surface area contributed by atoms with E-state index >= 15 is 0 Å². The lowest BCUT2D eigenvalue weighted by molar-refractivity contribution is 0.271. The first-order valence-corrected chi connectivity index (χ1v) is 8.97. The third kappa shape index (κ3) is 5.90. The van der Waals surface area contributed by atoms with Crippen LogP contribution in [0.15, 0.2) is 48.5 Å². The van der Waals surface area contributed by atoms with Gasteiger partial charge in [0.2, 0.25) is 10.0 Å². The number of halogens is 1. The van der Waals surface area contributed by atoms with Crippen LogP contribution >= 0.6 is 0 Å². The second-order valence-electron chi connectivity index (χ2n) is 5.72. The Morgan fingerprint density at radius 1 is 1.04 bits per heavy atom. The molecule has 0 aromatic heterocycles. The Morgan fingerprint density at radius 3 is 2.22 bits per heavy atom. The highest BCUT2D eigenvalue weighted by atomic mass is 32.2. The molecular formula is C17H20FNO3S. The van der Waals surface area contributed by atoms with E-state index in [1.54, 1.807) is 24.3 Å². The zero-order valence-corrected chi connectivity index (χ0v) is 13.9. The van der Waals surface area contributed by atoms with E-state index in [-0.39, 0.29) is 5.75 Å². The average molecular weight is 337 g/mol. The predicted molar refractivity (Wildman–Crippen MR) is 89.4 cm³/mol. The van der Waals surface area contributed by atoms with Crippen molar-refractivity contribution >= 4 is 15.7 Å². The minimum atomic E-state index is -3.55. The predicted octanol–water partition coefficient (Wildman–Crippen LogP) is 3.80. The molecule has 0 amide bonds. The summed E-state index contributed by atoms with van der Waals surface area (Å²) < 4.78 is 45.1. The highest BCUT2D eigenvalue weighted by Gasteiger charge is 2.12. The van der Waals surface area contributed by atoms with Gasteiger partial charge in [-0.25, -0.2) is 12.8 Å². The third-order valence-corrected chi connectivity index (χ3v) is 4.24. The largest absolute Gasteiger partial charge is 0.493 e. The molecule has 0 fully saturated rings. The fraction of sp³-hybridized carbons (Fsp3) is 0.294. The molecule has 124 valence electrons. The van der Waals surface area contributed by atoms with Gasteiger partial charge in [-0.3, -0.25) is 4.72 Å². The van der Waals surface area contributed by atoms with Gasteiger partial charge in [-0.2, -0.15) is 0 Å². The Hall–Kier alpha value is -2.08. The lowest BCUT2D eigenvalue weighted by Crippen LogP contribution is -2.15. The molecule has 0 radical (unpaired) electrons. The zero-order chi connectivity index (χ0) is 16.9. The van der Waals surface area contributed by atoms with Crippen molar-refractivity contribution < 1.29 is 17.5 Å². The summed E-state index contributed by atoms with van der Waals surface area (Å²) in [7, 11) is -3.55. The standard InChI is InChI=1S/C17H20FNO3S/c1-13(2)11-22-17-9-7-16(8-10-17)19-23(20,21)12-14-3-5-15(18)6-4-14/h3-10,13,19H,11-12H2,1-2H3. The van der Waals surface area contributed by atoms with E-state index in [1.165, 1.54) is 24.3 Å². The van der Waals surface area contributed by atoms with Crippen LogP contribution in [-0.4, -0.2) is 15.0 Å². The maximum Gasteiger partial charge on any atom is 0.236 e. The molecule has 4 nitrogen and oxygen atoms in total. The number of benzene rings is 2. The minimum Gasteiger partial charge on any atom is -0.493 e. The van der Waals surface area contributed by atoms with Crippen molar-refractivity contribution in [3.8, 4) is 5.75 Å². The second-order valence-corrected chi connectivity index (χ2v) is 7.44. The molecule has 0 aliphatic rings. The van der Waals surface area contributed by atoms with E-state index in [1.807, 2.05) is 0 Å². The summed E-state index contributed by atoms with van der Waals surface area (Å²) in [6, 6.07) is 12.1. The Morgan fingerprint density at radius 2 is 1.65 bits per heavy atom. The van der Waals surface area contributed by atoms with Crippen molar-refractivity contribution in [1.82, 2.24) is 0 Å². The Labute approximate surface area is 136 Å². The first-order valence-electron chi connectivity index (χ1n) is 7.32. The third-order valence-electron chi connectivity index (χ3n) is 2.98. The van der Waals surface area contributed by atoms with E-state index in [0.717, 1.165) is 0 Å². The second kappa shape index (κ2) is 7.46. The molecule has 0 heterocycles. The maximum atomic E-state index is 12.8. The van der Waals surface area contributed by atoms with Crippen LogP contribution < -0.4 is 9.46 Å². The molecule has 0 saturated carbocycles. The zero-order valence-electron chi connectivity index (χ0n) is 13.1. The Kier molecular flexibility index (Phi) is 5.60. The monoisotopic (exact) mass is 337 g/mol. The Balaban J connectivity index is 1.98. The number of sulfonamides is 1. The lowest BCUT2D eigenvalue weighted by atomic mass is 10.2. The summed E-state index contributed by atoms with van der Waals surface area (Å²) in [5, 5.41) is 0. The normalized spacial score (nSPS) is 11.5. The van der Waals surface area contributed by atoms with E-state index in [4.69, 9.17) is 4.74 Å². The van der Waals surface area contributed by atoms with Crippen LogP contribution in [0.2, 0.25) is 0 Å². The lowest BCUT2D eigenvalue weighted by Gasteiger charge is -2.11. The minimum absolute atomic E-state index is 0.209. The van der Waals surface area contributed by atoms with Crippen molar-refractivity contribution in [2.24, 2.45) is 5.92 Å². The average Bonchev–Trinajstić information content (AvgIpc) is 2.48. The van der Waals surface area contributed by atoms with Gasteiger partial charge in [0.25, 0.3) is 0 Å². The Bertz CT molecular complexity index is 725. The summed E-state index contributed by atoms with van der Waals surface area (Å²) in [6.45, 7) is 4.71. The molecule has 0 aliphatic carbocycles. The molecule has 0 atom stereocenters. The van der Waals surface area contributed by atoms with Crippen LogP contribution in [-0.2, 0) is 15.8 Å². The SMILES string of the molecule is CC(C)COc1ccc(NS(=O)(=O)Cc2ccc(F)cc2)cc1. The fourth-order valence-electron chi connectivity index (χ4n) is 1.90. The molecule has 2 aromatic carbocycles. The molecule has 0 bridgehead atoms. The molecule has 0 aliphatic heterocycles. The van der Waals surface area contributed by atoms with E-state index < -0.39 is 15.8 Å². The number of ether oxygens (including phenoxy) is 1. The van der Waals surface area contributed by atoms with Gasteiger partial charge in [-0.1, -0.05) is 26.0 Å². The number of nitrogens with one attached hydrogen (secondary N) is 1. The molecule has 1 N–H and O–H groups in total. The van der Waals surface area contributed by atoms with Crippen molar-refractivity contribution in [1.29, 1.82) is 0 Å². The molecule has 0 unspecified atom stereocenters. The van der Waals surface area contributed by atoms with Crippen LogP contribution in [0.25, 0.3) is 0 Å². The van der Waals surface area contributed by atoms with Gasteiger partial charge in [0.15, 0.2) is 0 Å². The smallest absolute Gasteiger partial charge is 0.236 e. The molecule has 2 rings (SSSR count). The number of anilines is 1. The molecule has 0 spiro atoms. The van der Waals surface area contributed by atoms with Gasteiger partial charge in [-0.15, -0.1) is 0 Å². The first kappa shape index (κ1) is 17.3. The van der Waals surface area contributed by atoms with Crippen LogP contribution in [0.4, 0.5) is 10.1 Å². The van der Waals surface area contributed by atoms with Gasteiger partial charge in [0, 0.05) is 5.69 Å².